The van der Waals surface area contributed by atoms with Crippen molar-refractivity contribution in [2.75, 3.05) is 26.2 Å². The molecular formula is C15H29N3O. The SMILES string of the molecule is CC(C)NC(=O)CN1CCNCC1C1CCCCC1. The molecule has 0 spiro atoms. The maximum Gasteiger partial charge on any atom is 0.234 e. The molecule has 1 aliphatic heterocycles. The number of hydrogen-bond donors (Lipinski definition) is 2. The minimum Gasteiger partial charge on any atom is -0.353 e. The minimum atomic E-state index is 0.178. The predicted molar refractivity (Wildman–Crippen MR) is 78.1 cm³/mol. The van der Waals surface area contributed by atoms with E-state index in [1.165, 1.54) is 32.1 Å². The second-order valence-electron chi connectivity index (χ2n) is 6.36. The van der Waals surface area contributed by atoms with Crippen molar-refractivity contribution in [1.29, 1.82) is 0 Å². The second kappa shape index (κ2) is 7.25. The van der Waals surface area contributed by atoms with Crippen molar-refractivity contribution in [1.82, 2.24) is 15.5 Å². The van der Waals surface area contributed by atoms with Crippen LogP contribution in [-0.2, 0) is 4.79 Å². The first-order valence-electron chi connectivity index (χ1n) is 7.91. The van der Waals surface area contributed by atoms with Crippen molar-refractivity contribution >= 4 is 5.91 Å². The standard InChI is InChI=1S/C15H29N3O/c1-12(2)17-15(19)11-18-9-8-16-10-14(18)13-6-4-3-5-7-13/h12-14,16H,3-11H2,1-2H3,(H,17,19). The molecule has 2 fully saturated rings. The van der Waals surface area contributed by atoms with Gasteiger partial charge in [-0.1, -0.05) is 19.3 Å². The zero-order valence-electron chi connectivity index (χ0n) is 12.5. The van der Waals surface area contributed by atoms with Crippen molar-refractivity contribution in [3.05, 3.63) is 0 Å². The van der Waals surface area contributed by atoms with Crippen LogP contribution < -0.4 is 10.6 Å². The lowest BCUT2D eigenvalue weighted by Gasteiger charge is -2.41. The van der Waals surface area contributed by atoms with Crippen LogP contribution in [0.15, 0.2) is 0 Å². The highest BCUT2D eigenvalue weighted by atomic mass is 16.2. The van der Waals surface area contributed by atoms with Crippen LogP contribution in [0.1, 0.15) is 46.0 Å². The van der Waals surface area contributed by atoms with Crippen molar-refractivity contribution in [2.24, 2.45) is 5.92 Å². The quantitative estimate of drug-likeness (QED) is 0.808. The molecule has 1 unspecified atom stereocenters. The third kappa shape index (κ3) is 4.46. The maximum absolute atomic E-state index is 12.0. The molecule has 1 aliphatic carbocycles. The zero-order chi connectivity index (χ0) is 13.7. The first-order valence-corrected chi connectivity index (χ1v) is 7.91. The van der Waals surface area contributed by atoms with Gasteiger partial charge in [-0.25, -0.2) is 0 Å². The Labute approximate surface area is 117 Å². The number of hydrogen-bond acceptors (Lipinski definition) is 3. The maximum atomic E-state index is 12.0. The molecule has 1 amide bonds. The van der Waals surface area contributed by atoms with Gasteiger partial charge in [-0.2, -0.15) is 0 Å². The first-order chi connectivity index (χ1) is 9.16. The summed E-state index contributed by atoms with van der Waals surface area (Å²) in [5.41, 5.74) is 0. The second-order valence-corrected chi connectivity index (χ2v) is 6.36. The Bertz CT molecular complexity index is 287. The fourth-order valence-electron chi connectivity index (χ4n) is 3.50. The van der Waals surface area contributed by atoms with Crippen LogP contribution in [0.4, 0.5) is 0 Å². The van der Waals surface area contributed by atoms with Crippen molar-refractivity contribution in [3.63, 3.8) is 0 Å². The molecule has 1 atom stereocenters. The van der Waals surface area contributed by atoms with E-state index in [1.54, 1.807) is 0 Å². The number of piperazine rings is 1. The summed E-state index contributed by atoms with van der Waals surface area (Å²) >= 11 is 0. The smallest absolute Gasteiger partial charge is 0.234 e. The molecule has 0 radical (unpaired) electrons. The first kappa shape index (κ1) is 14.8. The number of carbonyl (C=O) groups excluding carboxylic acids is 1. The molecule has 2 aliphatic rings. The van der Waals surface area contributed by atoms with Gasteiger partial charge in [0.1, 0.15) is 0 Å². The summed E-state index contributed by atoms with van der Waals surface area (Å²) in [4.78, 5) is 14.4. The third-order valence-corrected chi connectivity index (χ3v) is 4.39. The van der Waals surface area contributed by atoms with Crippen LogP contribution >= 0.6 is 0 Å². The Hall–Kier alpha value is -0.610. The van der Waals surface area contributed by atoms with Gasteiger partial charge in [0.2, 0.25) is 5.91 Å². The molecule has 2 N–H and O–H groups in total. The van der Waals surface area contributed by atoms with E-state index in [1.807, 2.05) is 13.8 Å². The molecule has 1 saturated heterocycles. The van der Waals surface area contributed by atoms with Gasteiger partial charge >= 0.3 is 0 Å². The Morgan fingerprint density at radius 2 is 2.05 bits per heavy atom. The number of nitrogens with one attached hydrogen (secondary N) is 2. The lowest BCUT2D eigenvalue weighted by atomic mass is 9.82. The van der Waals surface area contributed by atoms with E-state index in [0.717, 1.165) is 25.6 Å². The normalized spacial score (nSPS) is 26.6. The molecule has 4 heteroatoms. The van der Waals surface area contributed by atoms with Crippen molar-refractivity contribution in [3.8, 4) is 0 Å². The van der Waals surface area contributed by atoms with E-state index in [0.29, 0.717) is 12.6 Å². The number of rotatable bonds is 4. The van der Waals surface area contributed by atoms with Gasteiger partial charge in [0.15, 0.2) is 0 Å². The molecule has 0 aromatic carbocycles. The highest BCUT2D eigenvalue weighted by Crippen LogP contribution is 2.29. The highest BCUT2D eigenvalue weighted by molar-refractivity contribution is 5.78. The van der Waals surface area contributed by atoms with Crippen LogP contribution in [0.5, 0.6) is 0 Å². The lowest BCUT2D eigenvalue weighted by Crippen LogP contribution is -2.57. The molecule has 0 bridgehead atoms. The van der Waals surface area contributed by atoms with Gasteiger partial charge in [0.05, 0.1) is 6.54 Å². The molecule has 0 aromatic heterocycles. The molecule has 2 rings (SSSR count). The van der Waals surface area contributed by atoms with Crippen LogP contribution in [-0.4, -0.2) is 49.1 Å². The van der Waals surface area contributed by atoms with E-state index < -0.39 is 0 Å². The molecule has 110 valence electrons. The summed E-state index contributed by atoms with van der Waals surface area (Å²) < 4.78 is 0. The summed E-state index contributed by atoms with van der Waals surface area (Å²) in [5, 5.41) is 6.52. The summed E-state index contributed by atoms with van der Waals surface area (Å²) in [6.45, 7) is 7.69. The van der Waals surface area contributed by atoms with Gasteiger partial charge in [-0.05, 0) is 32.6 Å². The summed E-state index contributed by atoms with van der Waals surface area (Å²) in [6, 6.07) is 0.801. The summed E-state index contributed by atoms with van der Waals surface area (Å²) in [6.07, 6.45) is 6.81. The minimum absolute atomic E-state index is 0.178. The van der Waals surface area contributed by atoms with E-state index in [4.69, 9.17) is 0 Å². The van der Waals surface area contributed by atoms with Gasteiger partial charge in [-0.15, -0.1) is 0 Å². The van der Waals surface area contributed by atoms with E-state index in [-0.39, 0.29) is 11.9 Å². The molecule has 1 heterocycles. The Kier molecular flexibility index (Phi) is 5.64. The Morgan fingerprint density at radius 1 is 1.32 bits per heavy atom. The van der Waals surface area contributed by atoms with Crippen molar-refractivity contribution < 1.29 is 4.79 Å². The van der Waals surface area contributed by atoms with E-state index in [2.05, 4.69) is 15.5 Å². The number of nitrogens with zero attached hydrogens (tertiary/aromatic N) is 1. The summed E-state index contributed by atoms with van der Waals surface area (Å²) in [5.74, 6) is 0.964. The molecular weight excluding hydrogens is 238 g/mol. The number of amides is 1. The van der Waals surface area contributed by atoms with Crippen LogP contribution in [0.2, 0.25) is 0 Å². The monoisotopic (exact) mass is 267 g/mol. The Balaban J connectivity index is 1.89. The van der Waals surface area contributed by atoms with Gasteiger partial charge < -0.3 is 10.6 Å². The summed E-state index contributed by atoms with van der Waals surface area (Å²) in [7, 11) is 0. The molecule has 19 heavy (non-hydrogen) atoms. The zero-order valence-corrected chi connectivity index (χ0v) is 12.5. The highest BCUT2D eigenvalue weighted by Gasteiger charge is 2.31. The topological polar surface area (TPSA) is 44.4 Å². The van der Waals surface area contributed by atoms with Crippen LogP contribution in [0, 0.1) is 5.92 Å². The number of carbonyl (C=O) groups is 1. The average Bonchev–Trinajstić information content (AvgIpc) is 2.39. The molecule has 1 saturated carbocycles. The molecule has 4 nitrogen and oxygen atoms in total. The van der Waals surface area contributed by atoms with Crippen molar-refractivity contribution in [2.45, 2.75) is 58.0 Å². The van der Waals surface area contributed by atoms with E-state index in [9.17, 15) is 4.79 Å². The predicted octanol–water partition coefficient (Wildman–Crippen LogP) is 1.37. The van der Waals surface area contributed by atoms with Crippen LogP contribution in [0.25, 0.3) is 0 Å². The Morgan fingerprint density at radius 3 is 2.74 bits per heavy atom. The fraction of sp³-hybridized carbons (Fsp3) is 0.933. The largest absolute Gasteiger partial charge is 0.353 e. The molecule has 0 aromatic rings. The van der Waals surface area contributed by atoms with Gasteiger partial charge in [0, 0.05) is 31.7 Å². The van der Waals surface area contributed by atoms with Crippen LogP contribution in [0.3, 0.4) is 0 Å². The fourth-order valence-corrected chi connectivity index (χ4v) is 3.50. The average molecular weight is 267 g/mol. The van der Waals surface area contributed by atoms with Gasteiger partial charge in [0.25, 0.3) is 0 Å². The van der Waals surface area contributed by atoms with Gasteiger partial charge in [-0.3, -0.25) is 9.69 Å². The lowest BCUT2D eigenvalue weighted by molar-refractivity contribution is -0.124. The third-order valence-electron chi connectivity index (χ3n) is 4.39. The van der Waals surface area contributed by atoms with E-state index >= 15 is 0 Å².